The third-order valence-corrected chi connectivity index (χ3v) is 6.41. The normalized spacial score (nSPS) is 12.5. The molecule has 0 bridgehead atoms. The molecule has 0 fully saturated rings. The minimum atomic E-state index is -3.88. The van der Waals surface area contributed by atoms with Crippen LogP contribution in [0.1, 0.15) is 43.9 Å². The lowest BCUT2D eigenvalue weighted by Crippen LogP contribution is -2.30. The standard InChI is InChI=1S/C23H28FN2O3P/c1-4-15-28-30(27,29-16-5-2)26(18-20-11-7-6-8-12-20)23(19(3)17-25)21-13-9-10-14-22(21)24/h6-14,23H,3-5,15-16,18H2,1-2H3. The first kappa shape index (κ1) is 24.0. The lowest BCUT2D eigenvalue weighted by molar-refractivity contribution is 0.141. The van der Waals surface area contributed by atoms with Crippen molar-refractivity contribution < 1.29 is 18.0 Å². The van der Waals surface area contributed by atoms with E-state index >= 15 is 0 Å². The van der Waals surface area contributed by atoms with Crippen LogP contribution in [0.5, 0.6) is 0 Å². The van der Waals surface area contributed by atoms with Gasteiger partial charge in [0.2, 0.25) is 0 Å². The first-order valence-corrected chi connectivity index (χ1v) is 11.5. The number of rotatable bonds is 12. The van der Waals surface area contributed by atoms with E-state index < -0.39 is 19.6 Å². The van der Waals surface area contributed by atoms with Crippen LogP contribution >= 0.6 is 7.75 Å². The number of nitrogens with zero attached hydrogens (tertiary/aromatic N) is 2. The molecule has 0 amide bonds. The van der Waals surface area contributed by atoms with Gasteiger partial charge in [0.25, 0.3) is 0 Å². The van der Waals surface area contributed by atoms with Crippen molar-refractivity contribution in [3.63, 3.8) is 0 Å². The second kappa shape index (κ2) is 11.8. The fourth-order valence-electron chi connectivity index (χ4n) is 2.97. The maximum atomic E-state index is 14.8. The highest BCUT2D eigenvalue weighted by Crippen LogP contribution is 2.58. The molecule has 160 valence electrons. The molecule has 0 N–H and O–H groups in total. The summed E-state index contributed by atoms with van der Waals surface area (Å²) >= 11 is 0. The first-order valence-electron chi connectivity index (χ1n) is 10.00. The molecule has 0 heterocycles. The average Bonchev–Trinajstić information content (AvgIpc) is 2.77. The zero-order valence-corrected chi connectivity index (χ0v) is 18.4. The highest BCUT2D eigenvalue weighted by atomic mass is 31.2. The van der Waals surface area contributed by atoms with Gasteiger partial charge in [-0.3, -0.25) is 9.05 Å². The largest absolute Gasteiger partial charge is 0.409 e. The van der Waals surface area contributed by atoms with Crippen LogP contribution in [-0.2, 0) is 20.2 Å². The van der Waals surface area contributed by atoms with Crippen LogP contribution in [0.2, 0.25) is 0 Å². The summed E-state index contributed by atoms with van der Waals surface area (Å²) in [6.45, 7) is 8.16. The molecule has 1 atom stereocenters. The van der Waals surface area contributed by atoms with Gasteiger partial charge in [0.05, 0.1) is 25.3 Å². The number of nitriles is 1. The van der Waals surface area contributed by atoms with E-state index in [2.05, 4.69) is 6.58 Å². The number of hydrogen-bond acceptors (Lipinski definition) is 4. The zero-order chi connectivity index (χ0) is 22.0. The van der Waals surface area contributed by atoms with Crippen molar-refractivity contribution in [3.8, 4) is 6.07 Å². The molecule has 30 heavy (non-hydrogen) atoms. The fraction of sp³-hybridized carbons (Fsp3) is 0.348. The van der Waals surface area contributed by atoms with Gasteiger partial charge < -0.3 is 0 Å². The molecule has 2 aromatic carbocycles. The van der Waals surface area contributed by atoms with Crippen LogP contribution in [0.15, 0.2) is 66.7 Å². The summed E-state index contributed by atoms with van der Waals surface area (Å²) in [4.78, 5) is 0. The molecule has 0 aliphatic rings. The van der Waals surface area contributed by atoms with Crippen LogP contribution < -0.4 is 0 Å². The van der Waals surface area contributed by atoms with Crippen molar-refractivity contribution in [3.05, 3.63) is 83.7 Å². The summed E-state index contributed by atoms with van der Waals surface area (Å²) in [5.41, 5.74) is 1.07. The summed E-state index contributed by atoms with van der Waals surface area (Å²) < 4.78 is 41.7. The quantitative estimate of drug-likeness (QED) is 0.288. The molecule has 0 aliphatic carbocycles. The zero-order valence-electron chi connectivity index (χ0n) is 17.5. The van der Waals surface area contributed by atoms with Gasteiger partial charge in [-0.15, -0.1) is 0 Å². The van der Waals surface area contributed by atoms with Crippen molar-refractivity contribution in [2.24, 2.45) is 0 Å². The molecule has 0 aromatic heterocycles. The van der Waals surface area contributed by atoms with Gasteiger partial charge in [0.1, 0.15) is 5.82 Å². The topological polar surface area (TPSA) is 62.6 Å². The number of benzene rings is 2. The molecule has 2 rings (SSSR count). The van der Waals surface area contributed by atoms with Gasteiger partial charge >= 0.3 is 7.75 Å². The van der Waals surface area contributed by atoms with Gasteiger partial charge in [-0.05, 0) is 24.5 Å². The SMILES string of the molecule is C=C(C#N)C(c1ccccc1F)N(Cc1ccccc1)P(=O)(OCCC)OCCC. The maximum absolute atomic E-state index is 14.8. The molecular weight excluding hydrogens is 402 g/mol. The van der Waals surface area contributed by atoms with Crippen molar-refractivity contribution in [1.29, 1.82) is 5.26 Å². The van der Waals surface area contributed by atoms with E-state index in [-0.39, 0.29) is 30.9 Å². The predicted molar refractivity (Wildman–Crippen MR) is 116 cm³/mol. The molecule has 1 unspecified atom stereocenters. The molecule has 0 radical (unpaired) electrons. The van der Waals surface area contributed by atoms with Crippen molar-refractivity contribution >= 4 is 7.75 Å². The van der Waals surface area contributed by atoms with E-state index in [1.807, 2.05) is 50.2 Å². The minimum Gasteiger partial charge on any atom is -0.297 e. The Labute approximate surface area is 178 Å². The van der Waals surface area contributed by atoms with E-state index in [0.29, 0.717) is 12.8 Å². The highest BCUT2D eigenvalue weighted by Gasteiger charge is 2.41. The smallest absolute Gasteiger partial charge is 0.297 e. The molecular formula is C23H28FN2O3P. The number of halogens is 1. The Bertz CT molecular complexity index is 902. The first-order chi connectivity index (χ1) is 14.5. The third-order valence-electron chi connectivity index (χ3n) is 4.39. The van der Waals surface area contributed by atoms with E-state index in [4.69, 9.17) is 9.05 Å². The molecule has 0 saturated carbocycles. The average molecular weight is 430 g/mol. The van der Waals surface area contributed by atoms with Crippen molar-refractivity contribution in [1.82, 2.24) is 4.67 Å². The lowest BCUT2D eigenvalue weighted by atomic mass is 9.99. The van der Waals surface area contributed by atoms with Crippen LogP contribution in [0.3, 0.4) is 0 Å². The van der Waals surface area contributed by atoms with E-state index in [0.717, 1.165) is 5.56 Å². The Kier molecular flexibility index (Phi) is 9.42. The van der Waals surface area contributed by atoms with Crippen LogP contribution in [0.25, 0.3) is 0 Å². The minimum absolute atomic E-state index is 0.0523. The van der Waals surface area contributed by atoms with E-state index in [1.54, 1.807) is 18.2 Å². The van der Waals surface area contributed by atoms with Crippen LogP contribution in [0, 0.1) is 17.1 Å². The van der Waals surface area contributed by atoms with Crippen molar-refractivity contribution in [2.75, 3.05) is 13.2 Å². The molecule has 0 saturated heterocycles. The fourth-order valence-corrected chi connectivity index (χ4v) is 5.06. The second-order valence-electron chi connectivity index (χ2n) is 6.78. The second-order valence-corrected chi connectivity index (χ2v) is 8.75. The van der Waals surface area contributed by atoms with E-state index in [9.17, 15) is 14.2 Å². The lowest BCUT2D eigenvalue weighted by Gasteiger charge is -2.36. The molecule has 0 aliphatic heterocycles. The Morgan fingerprint density at radius 3 is 2.20 bits per heavy atom. The van der Waals surface area contributed by atoms with Gasteiger partial charge in [0.15, 0.2) is 0 Å². The Morgan fingerprint density at radius 2 is 1.67 bits per heavy atom. The summed E-state index contributed by atoms with van der Waals surface area (Å²) in [6, 6.07) is 16.4. The van der Waals surface area contributed by atoms with Crippen LogP contribution in [0.4, 0.5) is 4.39 Å². The van der Waals surface area contributed by atoms with Gasteiger partial charge in [-0.25, -0.2) is 8.96 Å². The molecule has 2 aromatic rings. The summed E-state index contributed by atoms with van der Waals surface area (Å²) in [7, 11) is -3.88. The van der Waals surface area contributed by atoms with Gasteiger partial charge in [-0.2, -0.15) is 9.93 Å². The van der Waals surface area contributed by atoms with E-state index in [1.165, 1.54) is 10.7 Å². The summed E-state index contributed by atoms with van der Waals surface area (Å²) in [6.07, 6.45) is 1.25. The van der Waals surface area contributed by atoms with Crippen molar-refractivity contribution in [2.45, 2.75) is 39.3 Å². The predicted octanol–water partition coefficient (Wildman–Crippen LogP) is 6.41. The molecule has 7 heteroatoms. The maximum Gasteiger partial charge on any atom is 0.409 e. The van der Waals surface area contributed by atoms with Gasteiger partial charge in [-0.1, -0.05) is 69.0 Å². The summed E-state index contributed by atoms with van der Waals surface area (Å²) in [5, 5.41) is 9.62. The third kappa shape index (κ3) is 6.10. The highest BCUT2D eigenvalue weighted by molar-refractivity contribution is 7.51. The van der Waals surface area contributed by atoms with Gasteiger partial charge in [0, 0.05) is 17.7 Å². The summed E-state index contributed by atoms with van der Waals surface area (Å²) in [5.74, 6) is -0.519. The number of hydrogen-bond donors (Lipinski definition) is 0. The molecule has 0 spiro atoms. The Balaban J connectivity index is 2.63. The molecule has 5 nitrogen and oxygen atoms in total. The van der Waals surface area contributed by atoms with Crippen LogP contribution in [-0.4, -0.2) is 17.9 Å². The Morgan fingerprint density at radius 1 is 1.10 bits per heavy atom. The Hall–Kier alpha value is -2.29. The monoisotopic (exact) mass is 430 g/mol.